The molecule has 2 atom stereocenters. The van der Waals surface area contributed by atoms with E-state index in [1.165, 1.54) is 11.3 Å². The molecule has 0 unspecified atom stereocenters. The molecule has 4 rings (SSSR count). The molecule has 1 aromatic carbocycles. The molecule has 3 aromatic rings. The number of thiazole rings is 1. The minimum atomic E-state index is -0.695. The Bertz CT molecular complexity index is 1070. The van der Waals surface area contributed by atoms with Crippen molar-refractivity contribution in [3.8, 4) is 6.07 Å². The average molecular weight is 386 g/mol. The fourth-order valence-corrected chi connectivity index (χ4v) is 4.68. The van der Waals surface area contributed by atoms with Gasteiger partial charge in [0.2, 0.25) is 0 Å². The van der Waals surface area contributed by atoms with Crippen molar-refractivity contribution in [2.24, 2.45) is 0 Å². The summed E-state index contributed by atoms with van der Waals surface area (Å²) in [7, 11) is 0. The van der Waals surface area contributed by atoms with Crippen LogP contribution >= 0.6 is 23.6 Å². The standard InChI is InChI=1S/C19H19N3O2S2/c1-12-11-26-18(25)22(12)17-16(23-19(2,3)24-17)10-21-9-13(8-20)14-6-4-5-7-15(14)21/h4-7,9,11,16-17H,10H2,1-3H3/t16-,17+/m0/s1. The highest BCUT2D eigenvalue weighted by atomic mass is 32.1. The van der Waals surface area contributed by atoms with Crippen molar-refractivity contribution in [3.05, 3.63) is 51.1 Å². The van der Waals surface area contributed by atoms with E-state index in [0.717, 1.165) is 20.6 Å². The quantitative estimate of drug-likeness (QED) is 0.610. The summed E-state index contributed by atoms with van der Waals surface area (Å²) in [6, 6.07) is 10.2. The molecule has 7 heteroatoms. The van der Waals surface area contributed by atoms with E-state index in [2.05, 4.69) is 10.6 Å². The van der Waals surface area contributed by atoms with Crippen molar-refractivity contribution >= 4 is 34.5 Å². The lowest BCUT2D eigenvalue weighted by Crippen LogP contribution is -2.26. The van der Waals surface area contributed by atoms with Gasteiger partial charge in [-0.05, 0) is 39.1 Å². The molecule has 3 heterocycles. The summed E-state index contributed by atoms with van der Waals surface area (Å²) in [6.07, 6.45) is 1.37. The first-order valence-electron chi connectivity index (χ1n) is 8.40. The van der Waals surface area contributed by atoms with Crippen LogP contribution in [-0.4, -0.2) is 21.0 Å². The van der Waals surface area contributed by atoms with Gasteiger partial charge in [-0.15, -0.1) is 11.3 Å². The van der Waals surface area contributed by atoms with Gasteiger partial charge in [0.1, 0.15) is 12.2 Å². The molecule has 0 amide bonds. The Labute approximate surface area is 161 Å². The molecule has 0 radical (unpaired) electrons. The van der Waals surface area contributed by atoms with Crippen LogP contribution in [0.4, 0.5) is 0 Å². The van der Waals surface area contributed by atoms with Crippen molar-refractivity contribution in [3.63, 3.8) is 0 Å². The Hall–Kier alpha value is -1.98. The van der Waals surface area contributed by atoms with Crippen LogP contribution in [0.1, 0.15) is 31.3 Å². The monoisotopic (exact) mass is 385 g/mol. The predicted octanol–water partition coefficient (Wildman–Crippen LogP) is 4.76. The lowest BCUT2D eigenvalue weighted by Gasteiger charge is -2.20. The van der Waals surface area contributed by atoms with Crippen molar-refractivity contribution < 1.29 is 9.47 Å². The SMILES string of the molecule is Cc1csc(=S)n1[C@@H]1OC(C)(C)O[C@H]1Cn1cc(C#N)c2ccccc21. The van der Waals surface area contributed by atoms with Crippen LogP contribution in [0.3, 0.4) is 0 Å². The van der Waals surface area contributed by atoms with Crippen LogP contribution in [0.5, 0.6) is 0 Å². The van der Waals surface area contributed by atoms with Crippen LogP contribution in [0.15, 0.2) is 35.8 Å². The highest BCUT2D eigenvalue weighted by Gasteiger charge is 2.43. The summed E-state index contributed by atoms with van der Waals surface area (Å²) < 4.78 is 17.3. The zero-order valence-electron chi connectivity index (χ0n) is 14.8. The van der Waals surface area contributed by atoms with Crippen molar-refractivity contribution in [2.45, 2.75) is 45.4 Å². The summed E-state index contributed by atoms with van der Waals surface area (Å²) in [5.41, 5.74) is 2.74. The third kappa shape index (κ3) is 2.89. The Morgan fingerprint density at radius 2 is 2.08 bits per heavy atom. The van der Waals surface area contributed by atoms with Gasteiger partial charge in [-0.3, -0.25) is 4.57 Å². The lowest BCUT2D eigenvalue weighted by molar-refractivity contribution is -0.154. The molecule has 1 aliphatic heterocycles. The number of nitrogens with zero attached hydrogens (tertiary/aromatic N) is 3. The van der Waals surface area contributed by atoms with E-state index in [-0.39, 0.29) is 12.3 Å². The van der Waals surface area contributed by atoms with Gasteiger partial charge in [-0.25, -0.2) is 0 Å². The Balaban J connectivity index is 1.75. The summed E-state index contributed by atoms with van der Waals surface area (Å²) >= 11 is 7.03. The fourth-order valence-electron chi connectivity index (χ4n) is 3.54. The molecule has 0 spiro atoms. The summed E-state index contributed by atoms with van der Waals surface area (Å²) in [5, 5.41) is 12.4. The van der Waals surface area contributed by atoms with Crippen molar-refractivity contribution in [1.29, 1.82) is 5.26 Å². The molecule has 26 heavy (non-hydrogen) atoms. The predicted molar refractivity (Wildman–Crippen MR) is 104 cm³/mol. The third-order valence-electron chi connectivity index (χ3n) is 4.60. The van der Waals surface area contributed by atoms with E-state index in [0.29, 0.717) is 12.1 Å². The number of nitriles is 1. The number of hydrogen-bond donors (Lipinski definition) is 0. The van der Waals surface area contributed by atoms with Crippen molar-refractivity contribution in [1.82, 2.24) is 9.13 Å². The molecule has 1 fully saturated rings. The number of ether oxygens (including phenoxy) is 2. The summed E-state index contributed by atoms with van der Waals surface area (Å²) in [5.74, 6) is -0.695. The third-order valence-corrected chi connectivity index (χ3v) is 5.95. The number of hydrogen-bond acceptors (Lipinski definition) is 5. The Morgan fingerprint density at radius 3 is 2.77 bits per heavy atom. The minimum absolute atomic E-state index is 0.215. The van der Waals surface area contributed by atoms with Gasteiger partial charge in [0.25, 0.3) is 0 Å². The van der Waals surface area contributed by atoms with Gasteiger partial charge in [0.15, 0.2) is 16.0 Å². The van der Waals surface area contributed by atoms with Crippen LogP contribution < -0.4 is 0 Å². The van der Waals surface area contributed by atoms with Crippen LogP contribution in [0.25, 0.3) is 10.9 Å². The Morgan fingerprint density at radius 1 is 1.31 bits per heavy atom. The van der Waals surface area contributed by atoms with Crippen LogP contribution in [0, 0.1) is 22.2 Å². The molecule has 2 aromatic heterocycles. The van der Waals surface area contributed by atoms with Gasteiger partial charge in [0.05, 0.1) is 12.1 Å². The average Bonchev–Trinajstić information content (AvgIpc) is 3.22. The lowest BCUT2D eigenvalue weighted by atomic mass is 10.2. The zero-order valence-corrected chi connectivity index (χ0v) is 16.4. The first kappa shape index (κ1) is 17.4. The molecule has 0 N–H and O–H groups in total. The molecule has 0 bridgehead atoms. The first-order chi connectivity index (χ1) is 12.4. The van der Waals surface area contributed by atoms with Crippen LogP contribution in [0.2, 0.25) is 0 Å². The molecule has 1 aliphatic rings. The maximum atomic E-state index is 9.43. The molecule has 5 nitrogen and oxygen atoms in total. The van der Waals surface area contributed by atoms with Crippen molar-refractivity contribution in [2.75, 3.05) is 0 Å². The molecule has 1 saturated heterocycles. The molecular weight excluding hydrogens is 366 g/mol. The van der Waals surface area contributed by atoms with E-state index in [1.54, 1.807) is 0 Å². The highest BCUT2D eigenvalue weighted by molar-refractivity contribution is 7.73. The number of rotatable bonds is 3. The number of aryl methyl sites for hydroxylation is 1. The van der Waals surface area contributed by atoms with E-state index < -0.39 is 5.79 Å². The molecule has 0 saturated carbocycles. The number of aromatic nitrogens is 2. The topological polar surface area (TPSA) is 52.1 Å². The number of fused-ring (bicyclic) bond motifs is 1. The van der Waals surface area contributed by atoms with E-state index in [9.17, 15) is 5.26 Å². The number of para-hydroxylation sites is 1. The second-order valence-corrected chi connectivity index (χ2v) is 8.40. The fraction of sp³-hybridized carbons (Fsp3) is 0.368. The van der Waals surface area contributed by atoms with Gasteiger partial charge in [-0.1, -0.05) is 18.2 Å². The highest BCUT2D eigenvalue weighted by Crippen LogP contribution is 2.38. The van der Waals surface area contributed by atoms with E-state index >= 15 is 0 Å². The van der Waals surface area contributed by atoms with Gasteiger partial charge < -0.3 is 14.0 Å². The van der Waals surface area contributed by atoms with Gasteiger partial charge >= 0.3 is 0 Å². The Kier molecular flexibility index (Phi) is 4.24. The second-order valence-electron chi connectivity index (χ2n) is 6.90. The van der Waals surface area contributed by atoms with Gasteiger partial charge in [-0.2, -0.15) is 5.26 Å². The van der Waals surface area contributed by atoms with E-state index in [4.69, 9.17) is 21.7 Å². The zero-order chi connectivity index (χ0) is 18.5. The summed E-state index contributed by atoms with van der Waals surface area (Å²) in [4.78, 5) is 0. The van der Waals surface area contributed by atoms with E-state index in [1.807, 2.05) is 61.2 Å². The summed E-state index contributed by atoms with van der Waals surface area (Å²) in [6.45, 7) is 6.43. The second kappa shape index (κ2) is 6.32. The molecule has 134 valence electrons. The molecular formula is C19H19N3O2S2. The first-order valence-corrected chi connectivity index (χ1v) is 9.68. The smallest absolute Gasteiger partial charge is 0.167 e. The number of benzene rings is 1. The molecule has 0 aliphatic carbocycles. The normalized spacial score (nSPS) is 21.9. The minimum Gasteiger partial charge on any atom is -0.343 e. The van der Waals surface area contributed by atoms with Gasteiger partial charge in [0, 0.05) is 28.2 Å². The maximum absolute atomic E-state index is 9.43. The largest absolute Gasteiger partial charge is 0.343 e. The maximum Gasteiger partial charge on any atom is 0.167 e. The van der Waals surface area contributed by atoms with Crippen LogP contribution in [-0.2, 0) is 16.0 Å².